The third kappa shape index (κ3) is 3.98. The largest absolute Gasteiger partial charge is 0.382 e. The van der Waals surface area contributed by atoms with Gasteiger partial charge in [0.25, 0.3) is 5.91 Å². The summed E-state index contributed by atoms with van der Waals surface area (Å²) in [5.41, 5.74) is 1.16. The van der Waals surface area contributed by atoms with Gasteiger partial charge in [-0.25, -0.2) is 4.39 Å². The normalized spacial score (nSPS) is 10.2. The number of nitrogens with one attached hydrogen (secondary N) is 2. The number of carbonyl (C=O) groups excluding carboxylic acids is 1. The average molecular weight is 288 g/mol. The van der Waals surface area contributed by atoms with Crippen molar-refractivity contribution in [3.63, 3.8) is 0 Å². The van der Waals surface area contributed by atoms with Crippen LogP contribution in [0.25, 0.3) is 0 Å². The van der Waals surface area contributed by atoms with Gasteiger partial charge in [0.05, 0.1) is 23.5 Å². The quantitative estimate of drug-likeness (QED) is 0.856. The predicted octanol–water partition coefficient (Wildman–Crippen LogP) is 2.37. The molecule has 0 fully saturated rings. The van der Waals surface area contributed by atoms with E-state index >= 15 is 0 Å². The third-order valence-electron chi connectivity index (χ3n) is 2.87. The number of para-hydroxylation sites is 1. The lowest BCUT2D eigenvalue weighted by molar-refractivity contribution is 0.0950. The lowest BCUT2D eigenvalue weighted by Gasteiger charge is -2.12. The molecule has 1 aromatic carbocycles. The zero-order chi connectivity index (χ0) is 15.1. The molecule has 0 saturated carbocycles. The fourth-order valence-electron chi connectivity index (χ4n) is 1.84. The molecule has 1 heterocycles. The molecule has 0 radical (unpaired) electrons. The second-order valence-corrected chi connectivity index (χ2v) is 4.49. The first-order chi connectivity index (χ1) is 10.2. The first-order valence-corrected chi connectivity index (χ1v) is 6.79. The van der Waals surface area contributed by atoms with Crippen LogP contribution in [0.2, 0.25) is 0 Å². The van der Waals surface area contributed by atoms with Crippen molar-refractivity contribution in [1.82, 2.24) is 15.5 Å². The second-order valence-electron chi connectivity index (χ2n) is 4.49. The summed E-state index contributed by atoms with van der Waals surface area (Å²) < 4.78 is 13.8. The molecular weight excluding hydrogens is 271 g/mol. The van der Waals surface area contributed by atoms with Crippen molar-refractivity contribution >= 4 is 11.6 Å². The Bertz CT molecular complexity index is 604. The second kappa shape index (κ2) is 7.33. The lowest BCUT2D eigenvalue weighted by atomic mass is 10.1. The summed E-state index contributed by atoms with van der Waals surface area (Å²) in [6.45, 7) is 2.82. The van der Waals surface area contributed by atoms with Crippen LogP contribution in [0.4, 0.5) is 10.1 Å². The molecule has 110 valence electrons. The van der Waals surface area contributed by atoms with Crippen LogP contribution in [0, 0.1) is 5.82 Å². The molecule has 0 bridgehead atoms. The van der Waals surface area contributed by atoms with Gasteiger partial charge in [0.15, 0.2) is 0 Å². The molecule has 6 heteroatoms. The zero-order valence-corrected chi connectivity index (χ0v) is 11.8. The average Bonchev–Trinajstić information content (AvgIpc) is 2.52. The Morgan fingerprint density at radius 1 is 1.29 bits per heavy atom. The Morgan fingerprint density at radius 2 is 2.14 bits per heavy atom. The molecule has 0 spiro atoms. The predicted molar refractivity (Wildman–Crippen MR) is 78.4 cm³/mol. The van der Waals surface area contributed by atoms with Gasteiger partial charge >= 0.3 is 0 Å². The van der Waals surface area contributed by atoms with E-state index in [9.17, 15) is 9.18 Å². The summed E-state index contributed by atoms with van der Waals surface area (Å²) in [5, 5.41) is 13.3. The number of nitrogens with zero attached hydrogens (tertiary/aromatic N) is 2. The molecule has 2 aromatic rings. The van der Waals surface area contributed by atoms with Gasteiger partial charge in [0.2, 0.25) is 0 Å². The summed E-state index contributed by atoms with van der Waals surface area (Å²) in [6, 6.07) is 7.94. The molecule has 0 saturated heterocycles. The van der Waals surface area contributed by atoms with E-state index in [1.807, 2.05) is 6.92 Å². The van der Waals surface area contributed by atoms with Gasteiger partial charge in [-0.15, -0.1) is 0 Å². The summed E-state index contributed by atoms with van der Waals surface area (Å²) in [7, 11) is 0. The Labute approximate surface area is 122 Å². The topological polar surface area (TPSA) is 66.9 Å². The van der Waals surface area contributed by atoms with Gasteiger partial charge in [-0.2, -0.15) is 10.2 Å². The molecule has 0 aliphatic heterocycles. The SMILES string of the molecule is CCCNc1c(F)cccc1C(=O)NCc1cccnn1. The van der Waals surface area contributed by atoms with E-state index in [2.05, 4.69) is 20.8 Å². The van der Waals surface area contributed by atoms with Gasteiger partial charge in [-0.1, -0.05) is 13.0 Å². The minimum absolute atomic E-state index is 0.232. The molecular formula is C15H17FN4O. The highest BCUT2D eigenvalue weighted by Gasteiger charge is 2.14. The fourth-order valence-corrected chi connectivity index (χ4v) is 1.84. The third-order valence-corrected chi connectivity index (χ3v) is 2.87. The number of hydrogen-bond acceptors (Lipinski definition) is 4. The van der Waals surface area contributed by atoms with Crippen molar-refractivity contribution in [2.75, 3.05) is 11.9 Å². The van der Waals surface area contributed by atoms with Crippen molar-refractivity contribution in [2.24, 2.45) is 0 Å². The Kier molecular flexibility index (Phi) is 5.20. The first kappa shape index (κ1) is 14.9. The van der Waals surface area contributed by atoms with Crippen LogP contribution in [0.3, 0.4) is 0 Å². The maximum absolute atomic E-state index is 13.8. The van der Waals surface area contributed by atoms with Gasteiger partial charge in [0, 0.05) is 12.7 Å². The van der Waals surface area contributed by atoms with Gasteiger partial charge < -0.3 is 10.6 Å². The fraction of sp³-hybridized carbons (Fsp3) is 0.267. The van der Waals surface area contributed by atoms with Gasteiger partial charge in [-0.3, -0.25) is 4.79 Å². The van der Waals surface area contributed by atoms with Crippen LogP contribution in [-0.4, -0.2) is 22.6 Å². The van der Waals surface area contributed by atoms with Crippen LogP contribution in [-0.2, 0) is 6.54 Å². The van der Waals surface area contributed by atoms with E-state index < -0.39 is 5.82 Å². The zero-order valence-electron chi connectivity index (χ0n) is 11.8. The standard InChI is InChI=1S/C15H17FN4O/c1-2-8-17-14-12(6-3-7-13(14)16)15(21)18-10-11-5-4-9-19-20-11/h3-7,9,17H,2,8,10H2,1H3,(H,18,21). The smallest absolute Gasteiger partial charge is 0.253 e. The summed E-state index contributed by atoms with van der Waals surface area (Å²) >= 11 is 0. The molecule has 0 aliphatic rings. The highest BCUT2D eigenvalue weighted by Crippen LogP contribution is 2.19. The van der Waals surface area contributed by atoms with Crippen molar-refractivity contribution in [3.05, 3.63) is 53.6 Å². The van der Waals surface area contributed by atoms with Crippen LogP contribution in [0.15, 0.2) is 36.5 Å². The number of halogens is 1. The highest BCUT2D eigenvalue weighted by atomic mass is 19.1. The molecule has 21 heavy (non-hydrogen) atoms. The monoisotopic (exact) mass is 288 g/mol. The Hall–Kier alpha value is -2.50. The molecule has 5 nitrogen and oxygen atoms in total. The summed E-state index contributed by atoms with van der Waals surface area (Å²) in [6.07, 6.45) is 2.40. The molecule has 0 aliphatic carbocycles. The molecule has 2 N–H and O–H groups in total. The van der Waals surface area contributed by atoms with Crippen molar-refractivity contribution in [2.45, 2.75) is 19.9 Å². The van der Waals surface area contributed by atoms with Crippen LogP contribution >= 0.6 is 0 Å². The van der Waals surface area contributed by atoms with Gasteiger partial charge in [0.1, 0.15) is 5.82 Å². The number of anilines is 1. The van der Waals surface area contributed by atoms with Crippen LogP contribution < -0.4 is 10.6 Å². The van der Waals surface area contributed by atoms with Crippen molar-refractivity contribution in [1.29, 1.82) is 0 Å². The molecule has 1 aromatic heterocycles. The van der Waals surface area contributed by atoms with E-state index in [4.69, 9.17) is 0 Å². The molecule has 0 atom stereocenters. The van der Waals surface area contributed by atoms with E-state index in [0.717, 1.165) is 6.42 Å². The molecule has 0 unspecified atom stereocenters. The van der Waals surface area contributed by atoms with Crippen LogP contribution in [0.1, 0.15) is 29.4 Å². The minimum Gasteiger partial charge on any atom is -0.382 e. The lowest BCUT2D eigenvalue weighted by Crippen LogP contribution is -2.25. The summed E-state index contributed by atoms with van der Waals surface area (Å²) in [5.74, 6) is -0.783. The molecule has 2 rings (SSSR count). The van der Waals surface area contributed by atoms with Gasteiger partial charge in [-0.05, 0) is 30.7 Å². The minimum atomic E-state index is -0.435. The van der Waals surface area contributed by atoms with E-state index in [1.165, 1.54) is 12.1 Å². The first-order valence-electron chi connectivity index (χ1n) is 6.79. The highest BCUT2D eigenvalue weighted by molar-refractivity contribution is 5.99. The molecule has 1 amide bonds. The van der Waals surface area contributed by atoms with E-state index in [0.29, 0.717) is 12.2 Å². The Balaban J connectivity index is 2.09. The van der Waals surface area contributed by atoms with E-state index in [1.54, 1.807) is 24.4 Å². The van der Waals surface area contributed by atoms with Crippen LogP contribution in [0.5, 0.6) is 0 Å². The maximum atomic E-state index is 13.8. The number of carbonyl (C=O) groups is 1. The number of rotatable bonds is 6. The van der Waals surface area contributed by atoms with Crippen molar-refractivity contribution in [3.8, 4) is 0 Å². The summed E-state index contributed by atoms with van der Waals surface area (Å²) in [4.78, 5) is 12.2. The Morgan fingerprint density at radius 3 is 2.86 bits per heavy atom. The number of aromatic nitrogens is 2. The number of benzene rings is 1. The van der Waals surface area contributed by atoms with E-state index in [-0.39, 0.29) is 23.7 Å². The number of hydrogen-bond donors (Lipinski definition) is 2. The maximum Gasteiger partial charge on any atom is 0.253 e. The number of amides is 1. The van der Waals surface area contributed by atoms with Crippen molar-refractivity contribution < 1.29 is 9.18 Å².